The predicted molar refractivity (Wildman–Crippen MR) is 49.0 cm³/mol. The minimum absolute atomic E-state index is 0.0231. The average Bonchev–Trinajstić information content (AvgIpc) is 2.57. The lowest BCUT2D eigenvalue weighted by Gasteiger charge is -2.14. The van der Waals surface area contributed by atoms with Gasteiger partial charge in [-0.15, -0.1) is 0 Å². The Labute approximate surface area is 81.4 Å². The first-order valence-electron chi connectivity index (χ1n) is 4.81. The molecule has 0 unspecified atom stereocenters. The summed E-state index contributed by atoms with van der Waals surface area (Å²) in [6, 6.07) is 3.86. The van der Waals surface area contributed by atoms with Crippen LogP contribution < -0.4 is 0 Å². The summed E-state index contributed by atoms with van der Waals surface area (Å²) >= 11 is 0. The molecule has 1 fully saturated rings. The summed E-state index contributed by atoms with van der Waals surface area (Å²) in [5, 5.41) is 9.59. The zero-order valence-electron chi connectivity index (χ0n) is 7.71. The van der Waals surface area contributed by atoms with E-state index in [0.717, 1.165) is 25.3 Å². The molecule has 3 heteroatoms. The molecule has 0 bridgehead atoms. The topological polar surface area (TPSA) is 20.2 Å². The van der Waals surface area contributed by atoms with Gasteiger partial charge in [-0.1, -0.05) is 12.5 Å². The molecule has 0 aliphatic heterocycles. The van der Waals surface area contributed by atoms with Crippen molar-refractivity contribution in [2.75, 3.05) is 0 Å². The van der Waals surface area contributed by atoms with Crippen LogP contribution in [0.25, 0.3) is 0 Å². The van der Waals surface area contributed by atoms with Crippen molar-refractivity contribution in [3.05, 3.63) is 35.4 Å². The number of aliphatic hydroxyl groups excluding tert-OH is 1. The van der Waals surface area contributed by atoms with Crippen LogP contribution >= 0.6 is 0 Å². The van der Waals surface area contributed by atoms with Gasteiger partial charge in [0.05, 0.1) is 6.10 Å². The highest BCUT2D eigenvalue weighted by Gasteiger charge is 2.27. The summed E-state index contributed by atoms with van der Waals surface area (Å²) in [5.41, 5.74) is 0.703. The van der Waals surface area contributed by atoms with Gasteiger partial charge in [0.2, 0.25) is 0 Å². The maximum absolute atomic E-state index is 12.9. The third kappa shape index (κ3) is 1.64. The molecule has 1 nitrogen and oxygen atoms in total. The Morgan fingerprint density at radius 1 is 1.14 bits per heavy atom. The van der Waals surface area contributed by atoms with E-state index in [1.54, 1.807) is 6.07 Å². The lowest BCUT2D eigenvalue weighted by molar-refractivity contribution is 0.163. The molecule has 1 aliphatic rings. The summed E-state index contributed by atoms with van der Waals surface area (Å²) in [6.45, 7) is 0. The van der Waals surface area contributed by atoms with E-state index < -0.39 is 17.7 Å². The van der Waals surface area contributed by atoms with Crippen molar-refractivity contribution in [3.63, 3.8) is 0 Å². The Bertz CT molecular complexity index is 338. The van der Waals surface area contributed by atoms with Crippen molar-refractivity contribution in [3.8, 4) is 0 Å². The Morgan fingerprint density at radius 2 is 1.93 bits per heavy atom. The molecule has 2 rings (SSSR count). The van der Waals surface area contributed by atoms with Gasteiger partial charge >= 0.3 is 0 Å². The molecule has 0 heterocycles. The number of hydrogen-bond donors (Lipinski definition) is 1. The maximum Gasteiger partial charge on any atom is 0.159 e. The monoisotopic (exact) mass is 198 g/mol. The first kappa shape index (κ1) is 9.59. The fraction of sp³-hybridized carbons (Fsp3) is 0.455. The van der Waals surface area contributed by atoms with E-state index in [1.165, 1.54) is 6.07 Å². The number of benzene rings is 1. The third-order valence-electron chi connectivity index (χ3n) is 2.85. The number of rotatable bonds is 1. The molecule has 0 saturated heterocycles. The zero-order valence-corrected chi connectivity index (χ0v) is 7.71. The molecule has 14 heavy (non-hydrogen) atoms. The van der Waals surface area contributed by atoms with Crippen LogP contribution in [0.3, 0.4) is 0 Å². The van der Waals surface area contributed by atoms with E-state index in [9.17, 15) is 13.9 Å². The fourth-order valence-corrected chi connectivity index (χ4v) is 2.07. The Balaban J connectivity index is 2.28. The molecule has 0 spiro atoms. The molecule has 76 valence electrons. The van der Waals surface area contributed by atoms with Gasteiger partial charge in [-0.05, 0) is 30.5 Å². The van der Waals surface area contributed by atoms with E-state index in [2.05, 4.69) is 0 Å². The number of halogens is 2. The summed E-state index contributed by atoms with van der Waals surface area (Å²) in [4.78, 5) is 0. The molecule has 0 amide bonds. The van der Waals surface area contributed by atoms with E-state index in [1.807, 2.05) is 0 Å². The van der Waals surface area contributed by atoms with Crippen LogP contribution in [0.5, 0.6) is 0 Å². The van der Waals surface area contributed by atoms with Crippen LogP contribution in [0.15, 0.2) is 18.2 Å². The van der Waals surface area contributed by atoms with Gasteiger partial charge in [-0.3, -0.25) is 0 Å². The minimum Gasteiger partial charge on any atom is -0.392 e. The van der Waals surface area contributed by atoms with Gasteiger partial charge in [-0.2, -0.15) is 0 Å². The molecular formula is C11H12F2O. The smallest absolute Gasteiger partial charge is 0.159 e. The number of aliphatic hydroxyl groups is 1. The Morgan fingerprint density at radius 3 is 2.50 bits per heavy atom. The molecule has 1 aliphatic carbocycles. The maximum atomic E-state index is 12.9. The third-order valence-corrected chi connectivity index (χ3v) is 2.85. The Hall–Kier alpha value is -0.960. The first-order valence-corrected chi connectivity index (χ1v) is 4.81. The molecule has 1 N–H and O–H groups in total. The highest BCUT2D eigenvalue weighted by atomic mass is 19.2. The van der Waals surface area contributed by atoms with Crippen LogP contribution in [0.4, 0.5) is 8.78 Å². The van der Waals surface area contributed by atoms with Crippen LogP contribution in [-0.2, 0) is 0 Å². The zero-order chi connectivity index (χ0) is 10.1. The lowest BCUT2D eigenvalue weighted by atomic mass is 9.96. The standard InChI is InChI=1S/C11H12F2O/c12-9-5-4-7(6-10(9)13)8-2-1-3-11(8)14/h4-6,8,11,14H,1-3H2/t8-,11-/m0/s1. The van der Waals surface area contributed by atoms with Crippen LogP contribution in [0.2, 0.25) is 0 Å². The molecule has 1 saturated carbocycles. The molecular weight excluding hydrogens is 186 g/mol. The molecule has 1 aromatic rings. The first-order chi connectivity index (χ1) is 6.68. The van der Waals surface area contributed by atoms with E-state index >= 15 is 0 Å². The van der Waals surface area contributed by atoms with Gasteiger partial charge in [0.1, 0.15) is 0 Å². The van der Waals surface area contributed by atoms with E-state index in [0.29, 0.717) is 5.56 Å². The summed E-state index contributed by atoms with van der Waals surface area (Å²) < 4.78 is 25.5. The summed E-state index contributed by atoms with van der Waals surface area (Å²) in [6.07, 6.45) is 2.15. The average molecular weight is 198 g/mol. The van der Waals surface area contributed by atoms with Crippen molar-refractivity contribution >= 4 is 0 Å². The van der Waals surface area contributed by atoms with Crippen LogP contribution in [-0.4, -0.2) is 11.2 Å². The van der Waals surface area contributed by atoms with E-state index in [4.69, 9.17) is 0 Å². The highest BCUT2D eigenvalue weighted by molar-refractivity contribution is 5.23. The van der Waals surface area contributed by atoms with Gasteiger partial charge in [-0.25, -0.2) is 8.78 Å². The Kier molecular flexibility index (Phi) is 2.50. The lowest BCUT2D eigenvalue weighted by Crippen LogP contribution is -2.11. The predicted octanol–water partition coefficient (Wildman–Crippen LogP) is 2.59. The van der Waals surface area contributed by atoms with Crippen molar-refractivity contribution < 1.29 is 13.9 Å². The largest absolute Gasteiger partial charge is 0.392 e. The van der Waals surface area contributed by atoms with Crippen molar-refractivity contribution in [1.29, 1.82) is 0 Å². The molecule has 0 aromatic heterocycles. The summed E-state index contributed by atoms with van der Waals surface area (Å²) in [5.74, 6) is -1.69. The SMILES string of the molecule is O[C@H]1CCC[C@H]1c1ccc(F)c(F)c1. The second-order valence-corrected chi connectivity index (χ2v) is 3.78. The van der Waals surface area contributed by atoms with Gasteiger partial charge < -0.3 is 5.11 Å². The van der Waals surface area contributed by atoms with Crippen molar-refractivity contribution in [2.45, 2.75) is 31.3 Å². The summed E-state index contributed by atoms with van der Waals surface area (Å²) in [7, 11) is 0. The molecule has 2 atom stereocenters. The fourth-order valence-electron chi connectivity index (χ4n) is 2.07. The van der Waals surface area contributed by atoms with Gasteiger partial charge in [0.15, 0.2) is 11.6 Å². The number of hydrogen-bond acceptors (Lipinski definition) is 1. The van der Waals surface area contributed by atoms with Gasteiger partial charge in [0, 0.05) is 5.92 Å². The van der Waals surface area contributed by atoms with E-state index in [-0.39, 0.29) is 5.92 Å². The van der Waals surface area contributed by atoms with Gasteiger partial charge in [0.25, 0.3) is 0 Å². The molecule has 0 radical (unpaired) electrons. The minimum atomic E-state index is -0.832. The van der Waals surface area contributed by atoms with Crippen LogP contribution in [0.1, 0.15) is 30.7 Å². The van der Waals surface area contributed by atoms with Crippen molar-refractivity contribution in [2.24, 2.45) is 0 Å². The molecule has 1 aromatic carbocycles. The second kappa shape index (κ2) is 3.65. The van der Waals surface area contributed by atoms with Crippen molar-refractivity contribution in [1.82, 2.24) is 0 Å². The second-order valence-electron chi connectivity index (χ2n) is 3.78. The highest BCUT2D eigenvalue weighted by Crippen LogP contribution is 2.34. The van der Waals surface area contributed by atoms with Crippen LogP contribution in [0, 0.1) is 11.6 Å². The normalized spacial score (nSPS) is 26.8. The quantitative estimate of drug-likeness (QED) is 0.735.